The van der Waals surface area contributed by atoms with Crippen molar-refractivity contribution in [3.05, 3.63) is 34.3 Å². The van der Waals surface area contributed by atoms with Crippen molar-refractivity contribution in [2.75, 3.05) is 0 Å². The number of nitrogens with zero attached hydrogens (tertiary/aromatic N) is 1. The van der Waals surface area contributed by atoms with Crippen LogP contribution in [0.3, 0.4) is 0 Å². The van der Waals surface area contributed by atoms with Crippen LogP contribution in [-0.2, 0) is 4.79 Å². The average molecular weight is 335 g/mol. The van der Waals surface area contributed by atoms with Crippen LogP contribution in [0.4, 0.5) is 0 Å². The number of rotatable bonds is 13. The van der Waals surface area contributed by atoms with E-state index >= 15 is 0 Å². The SMILES string of the molecule is Cc1nc(/C=C/CC/C=C/CCCCCCCCC(N)=O)cs1. The fourth-order valence-corrected chi connectivity index (χ4v) is 2.94. The third-order valence-electron chi connectivity index (χ3n) is 3.64. The second-order valence-electron chi connectivity index (χ2n) is 5.87. The minimum atomic E-state index is -0.174. The lowest BCUT2D eigenvalue weighted by molar-refractivity contribution is -0.118. The third-order valence-corrected chi connectivity index (χ3v) is 4.43. The Morgan fingerprint density at radius 2 is 1.70 bits per heavy atom. The van der Waals surface area contributed by atoms with Crippen LogP contribution >= 0.6 is 11.3 Å². The molecule has 0 spiro atoms. The molecule has 0 saturated heterocycles. The van der Waals surface area contributed by atoms with E-state index in [1.165, 1.54) is 32.1 Å². The predicted molar refractivity (Wildman–Crippen MR) is 100 cm³/mol. The fraction of sp³-hybridized carbons (Fsp3) is 0.579. The zero-order chi connectivity index (χ0) is 16.8. The number of amides is 1. The van der Waals surface area contributed by atoms with Gasteiger partial charge in [0.25, 0.3) is 0 Å². The van der Waals surface area contributed by atoms with Crippen LogP contribution in [0.2, 0.25) is 0 Å². The van der Waals surface area contributed by atoms with Crippen molar-refractivity contribution in [1.82, 2.24) is 4.98 Å². The van der Waals surface area contributed by atoms with Crippen molar-refractivity contribution >= 4 is 23.3 Å². The third kappa shape index (κ3) is 11.8. The first-order chi connectivity index (χ1) is 11.2. The number of carbonyl (C=O) groups excluding carboxylic acids is 1. The lowest BCUT2D eigenvalue weighted by atomic mass is 10.1. The molecule has 1 heterocycles. The topological polar surface area (TPSA) is 56.0 Å². The van der Waals surface area contributed by atoms with Gasteiger partial charge < -0.3 is 5.73 Å². The molecule has 0 aromatic carbocycles. The normalized spacial score (nSPS) is 11.7. The van der Waals surface area contributed by atoms with Crippen molar-refractivity contribution in [3.8, 4) is 0 Å². The van der Waals surface area contributed by atoms with E-state index in [4.69, 9.17) is 5.73 Å². The van der Waals surface area contributed by atoms with Crippen LogP contribution in [0, 0.1) is 6.92 Å². The van der Waals surface area contributed by atoms with Crippen LogP contribution in [0.25, 0.3) is 6.08 Å². The summed E-state index contributed by atoms with van der Waals surface area (Å²) in [5, 5.41) is 3.22. The molecule has 0 fully saturated rings. The molecule has 2 N–H and O–H groups in total. The maximum absolute atomic E-state index is 10.6. The summed E-state index contributed by atoms with van der Waals surface area (Å²) in [6, 6.07) is 0. The van der Waals surface area contributed by atoms with Crippen LogP contribution in [0.15, 0.2) is 23.6 Å². The van der Waals surface area contributed by atoms with E-state index in [9.17, 15) is 4.79 Å². The summed E-state index contributed by atoms with van der Waals surface area (Å²) >= 11 is 1.69. The van der Waals surface area contributed by atoms with Crippen molar-refractivity contribution in [1.29, 1.82) is 0 Å². The van der Waals surface area contributed by atoms with Gasteiger partial charge in [-0.1, -0.05) is 43.9 Å². The average Bonchev–Trinajstić information content (AvgIpc) is 2.93. The second-order valence-corrected chi connectivity index (χ2v) is 6.93. The number of aromatic nitrogens is 1. The lowest BCUT2D eigenvalue weighted by Crippen LogP contribution is -2.09. The van der Waals surface area contributed by atoms with E-state index in [0.717, 1.165) is 36.4 Å². The van der Waals surface area contributed by atoms with Gasteiger partial charge in [0.15, 0.2) is 0 Å². The van der Waals surface area contributed by atoms with Crippen LogP contribution in [0.5, 0.6) is 0 Å². The minimum absolute atomic E-state index is 0.174. The number of nitrogens with two attached hydrogens (primary N) is 1. The number of hydrogen-bond donors (Lipinski definition) is 1. The Morgan fingerprint density at radius 3 is 2.39 bits per heavy atom. The molecule has 0 unspecified atom stereocenters. The Bertz CT molecular complexity index is 491. The molecular formula is C19H30N2OS. The first-order valence-electron chi connectivity index (χ1n) is 8.70. The standard InChI is InChI=1S/C19H30N2OS/c1-17-21-18(16-23-17)14-12-10-8-6-4-2-3-5-7-9-11-13-15-19(20)22/h4,6,12,14,16H,2-3,5,7-11,13,15H2,1H3,(H2,20,22)/b6-4+,14-12+. The highest BCUT2D eigenvalue weighted by Crippen LogP contribution is 2.11. The lowest BCUT2D eigenvalue weighted by Gasteiger charge is -1.99. The molecule has 0 bridgehead atoms. The molecule has 4 heteroatoms. The number of aryl methyl sites for hydroxylation is 1. The summed E-state index contributed by atoms with van der Waals surface area (Å²) in [6.07, 6.45) is 19.9. The molecule has 128 valence electrons. The Morgan fingerprint density at radius 1 is 1.04 bits per heavy atom. The van der Waals surface area contributed by atoms with Crippen molar-refractivity contribution in [2.45, 2.75) is 71.1 Å². The summed E-state index contributed by atoms with van der Waals surface area (Å²) in [5.41, 5.74) is 6.19. The number of hydrogen-bond acceptors (Lipinski definition) is 3. The summed E-state index contributed by atoms with van der Waals surface area (Å²) in [4.78, 5) is 15.0. The maximum atomic E-state index is 10.6. The van der Waals surface area contributed by atoms with Gasteiger partial charge in [-0.05, 0) is 45.1 Å². The number of carbonyl (C=O) groups is 1. The van der Waals surface area contributed by atoms with Crippen molar-refractivity contribution in [2.24, 2.45) is 5.73 Å². The maximum Gasteiger partial charge on any atom is 0.217 e. The Labute approximate surface area is 144 Å². The number of primary amides is 1. The zero-order valence-electron chi connectivity index (χ0n) is 14.3. The molecule has 0 atom stereocenters. The van der Waals surface area contributed by atoms with Crippen molar-refractivity contribution < 1.29 is 4.79 Å². The van der Waals surface area contributed by atoms with Gasteiger partial charge in [-0.3, -0.25) is 4.79 Å². The van der Waals surface area contributed by atoms with Crippen LogP contribution in [-0.4, -0.2) is 10.9 Å². The minimum Gasteiger partial charge on any atom is -0.370 e. The molecule has 0 aliphatic heterocycles. The fourth-order valence-electron chi connectivity index (χ4n) is 2.36. The molecule has 0 radical (unpaired) electrons. The summed E-state index contributed by atoms with van der Waals surface area (Å²) < 4.78 is 0. The van der Waals surface area contributed by atoms with Gasteiger partial charge in [0, 0.05) is 11.8 Å². The number of thiazole rings is 1. The van der Waals surface area contributed by atoms with E-state index in [1.54, 1.807) is 11.3 Å². The monoisotopic (exact) mass is 334 g/mol. The van der Waals surface area contributed by atoms with Gasteiger partial charge in [-0.15, -0.1) is 11.3 Å². The molecule has 1 aromatic heterocycles. The Hall–Kier alpha value is -1.42. The van der Waals surface area contributed by atoms with Crippen molar-refractivity contribution in [3.63, 3.8) is 0 Å². The molecule has 1 rings (SSSR count). The predicted octanol–water partition coefficient (Wildman–Crippen LogP) is 5.41. The number of allylic oxidation sites excluding steroid dienone is 3. The summed E-state index contributed by atoms with van der Waals surface area (Å²) in [6.45, 7) is 2.03. The summed E-state index contributed by atoms with van der Waals surface area (Å²) in [7, 11) is 0. The highest BCUT2D eigenvalue weighted by atomic mass is 32.1. The molecular weight excluding hydrogens is 304 g/mol. The first kappa shape index (κ1) is 19.6. The van der Waals surface area contributed by atoms with Gasteiger partial charge in [0.05, 0.1) is 10.7 Å². The van der Waals surface area contributed by atoms with E-state index in [2.05, 4.69) is 34.7 Å². The van der Waals surface area contributed by atoms with Gasteiger partial charge in [0.2, 0.25) is 5.91 Å². The molecule has 0 aliphatic carbocycles. The first-order valence-corrected chi connectivity index (χ1v) is 9.58. The van der Waals surface area contributed by atoms with Gasteiger partial charge >= 0.3 is 0 Å². The van der Waals surface area contributed by atoms with E-state index < -0.39 is 0 Å². The molecule has 0 saturated carbocycles. The van der Waals surface area contributed by atoms with Gasteiger partial charge in [-0.2, -0.15) is 0 Å². The van der Waals surface area contributed by atoms with Crippen LogP contribution in [0.1, 0.15) is 74.9 Å². The van der Waals surface area contributed by atoms with Gasteiger partial charge in [-0.25, -0.2) is 4.98 Å². The molecule has 23 heavy (non-hydrogen) atoms. The highest BCUT2D eigenvalue weighted by molar-refractivity contribution is 7.09. The molecule has 1 amide bonds. The van der Waals surface area contributed by atoms with Gasteiger partial charge in [0.1, 0.15) is 0 Å². The van der Waals surface area contributed by atoms with E-state index in [-0.39, 0.29) is 5.91 Å². The smallest absolute Gasteiger partial charge is 0.217 e. The van der Waals surface area contributed by atoms with E-state index in [0.29, 0.717) is 6.42 Å². The van der Waals surface area contributed by atoms with E-state index in [1.807, 2.05) is 6.92 Å². The Balaban J connectivity index is 1.87. The Kier molecular flexibility index (Phi) is 11.1. The molecule has 3 nitrogen and oxygen atoms in total. The molecule has 0 aliphatic rings. The summed E-state index contributed by atoms with van der Waals surface area (Å²) in [5.74, 6) is -0.174. The quantitative estimate of drug-likeness (QED) is 0.387. The second kappa shape index (κ2) is 13.1. The largest absolute Gasteiger partial charge is 0.370 e. The highest BCUT2D eigenvalue weighted by Gasteiger charge is 1.94. The number of unbranched alkanes of at least 4 members (excludes halogenated alkanes) is 7. The zero-order valence-corrected chi connectivity index (χ0v) is 15.1. The molecule has 1 aromatic rings. The van der Waals surface area contributed by atoms with Crippen LogP contribution < -0.4 is 5.73 Å².